The molecule has 1 aliphatic rings. The molecule has 15 heavy (non-hydrogen) atoms. The lowest BCUT2D eigenvalue weighted by molar-refractivity contribution is -0.0504. The third-order valence-corrected chi connectivity index (χ3v) is 2.61. The van der Waals surface area contributed by atoms with Crippen LogP contribution in [0.3, 0.4) is 0 Å². The lowest BCUT2D eigenvalue weighted by Crippen LogP contribution is -2.42. The van der Waals surface area contributed by atoms with Gasteiger partial charge in [-0.15, -0.1) is 0 Å². The molecule has 0 saturated carbocycles. The highest BCUT2D eigenvalue weighted by Crippen LogP contribution is 2.28. The summed E-state index contributed by atoms with van der Waals surface area (Å²) in [6.07, 6.45) is 2.33. The molecule has 1 saturated heterocycles. The molecular weight excluding hydrogens is 203 g/mol. The fourth-order valence-corrected chi connectivity index (χ4v) is 1.75. The van der Waals surface area contributed by atoms with Crippen molar-refractivity contribution in [1.29, 1.82) is 0 Å². The molecule has 0 spiro atoms. The highest BCUT2D eigenvalue weighted by atomic mass is 19.1. The van der Waals surface area contributed by atoms with Crippen molar-refractivity contribution >= 4 is 0 Å². The van der Waals surface area contributed by atoms with E-state index in [1.807, 2.05) is 4.98 Å². The van der Waals surface area contributed by atoms with Gasteiger partial charge in [-0.3, -0.25) is 14.3 Å². The van der Waals surface area contributed by atoms with Gasteiger partial charge in [-0.05, 0) is 19.8 Å². The van der Waals surface area contributed by atoms with E-state index in [4.69, 9.17) is 4.74 Å². The number of aromatic amines is 1. The Labute approximate surface area is 84.5 Å². The minimum atomic E-state index is -1.00. The van der Waals surface area contributed by atoms with Crippen LogP contribution in [0, 0.1) is 5.82 Å². The van der Waals surface area contributed by atoms with Crippen LogP contribution in [0.4, 0.5) is 4.39 Å². The molecule has 1 unspecified atom stereocenters. The molecule has 2 heterocycles. The van der Waals surface area contributed by atoms with Crippen molar-refractivity contribution in [2.24, 2.45) is 0 Å². The molecule has 1 aromatic rings. The van der Waals surface area contributed by atoms with Crippen LogP contribution in [0.15, 0.2) is 15.8 Å². The van der Waals surface area contributed by atoms with Gasteiger partial charge in [0.1, 0.15) is 5.72 Å². The molecule has 82 valence electrons. The normalized spacial score (nSPS) is 25.7. The zero-order chi connectivity index (χ0) is 11.1. The van der Waals surface area contributed by atoms with Crippen molar-refractivity contribution in [3.8, 4) is 0 Å². The Balaban J connectivity index is 2.58. The maximum absolute atomic E-state index is 13.0. The Morgan fingerprint density at radius 3 is 2.93 bits per heavy atom. The number of ether oxygens (including phenoxy) is 1. The van der Waals surface area contributed by atoms with Gasteiger partial charge in [0.25, 0.3) is 5.56 Å². The van der Waals surface area contributed by atoms with E-state index in [-0.39, 0.29) is 0 Å². The Kier molecular flexibility index (Phi) is 2.22. The lowest BCUT2D eigenvalue weighted by Gasteiger charge is -2.25. The quantitative estimate of drug-likeness (QED) is 0.724. The van der Waals surface area contributed by atoms with Crippen molar-refractivity contribution in [1.82, 2.24) is 9.55 Å². The van der Waals surface area contributed by atoms with E-state index in [0.29, 0.717) is 13.0 Å². The number of halogens is 1. The summed E-state index contributed by atoms with van der Waals surface area (Å²) in [5.41, 5.74) is -2.49. The van der Waals surface area contributed by atoms with Gasteiger partial charge < -0.3 is 4.74 Å². The van der Waals surface area contributed by atoms with Gasteiger partial charge >= 0.3 is 5.69 Å². The molecule has 0 amide bonds. The van der Waals surface area contributed by atoms with Crippen LogP contribution in [0.2, 0.25) is 0 Å². The largest absolute Gasteiger partial charge is 0.355 e. The van der Waals surface area contributed by atoms with E-state index in [9.17, 15) is 14.0 Å². The first-order valence-corrected chi connectivity index (χ1v) is 4.69. The van der Waals surface area contributed by atoms with E-state index < -0.39 is 22.8 Å². The van der Waals surface area contributed by atoms with E-state index >= 15 is 0 Å². The highest BCUT2D eigenvalue weighted by Gasteiger charge is 2.33. The maximum Gasteiger partial charge on any atom is 0.330 e. The summed E-state index contributed by atoms with van der Waals surface area (Å²) < 4.78 is 19.5. The molecule has 1 aliphatic heterocycles. The third kappa shape index (κ3) is 1.61. The van der Waals surface area contributed by atoms with Crippen molar-refractivity contribution in [2.75, 3.05) is 6.61 Å². The number of aromatic nitrogens is 2. The number of H-pyrrole nitrogens is 1. The SMILES string of the molecule is CC1(n2cc(F)c(=O)[nH]c2=O)CCCO1. The molecule has 1 atom stereocenters. The van der Waals surface area contributed by atoms with E-state index in [0.717, 1.165) is 17.2 Å². The summed E-state index contributed by atoms with van der Waals surface area (Å²) in [7, 11) is 0. The first-order chi connectivity index (χ1) is 7.03. The highest BCUT2D eigenvalue weighted by molar-refractivity contribution is 4.92. The van der Waals surface area contributed by atoms with Gasteiger partial charge in [0.2, 0.25) is 5.82 Å². The summed E-state index contributed by atoms with van der Waals surface area (Å²) in [4.78, 5) is 24.2. The maximum atomic E-state index is 13.0. The van der Waals surface area contributed by atoms with Crippen LogP contribution in [-0.4, -0.2) is 16.2 Å². The minimum absolute atomic E-state index is 0.531. The van der Waals surface area contributed by atoms with E-state index in [1.54, 1.807) is 6.92 Å². The fraction of sp³-hybridized carbons (Fsp3) is 0.556. The molecule has 0 aliphatic carbocycles. The first-order valence-electron chi connectivity index (χ1n) is 4.69. The number of nitrogens with zero attached hydrogens (tertiary/aromatic N) is 1. The molecule has 1 N–H and O–H groups in total. The second-order valence-corrected chi connectivity index (χ2v) is 3.73. The number of rotatable bonds is 1. The van der Waals surface area contributed by atoms with Gasteiger partial charge in [-0.25, -0.2) is 4.79 Å². The lowest BCUT2D eigenvalue weighted by atomic mass is 10.1. The molecule has 6 heteroatoms. The van der Waals surface area contributed by atoms with Crippen LogP contribution in [0.5, 0.6) is 0 Å². The average Bonchev–Trinajstić information content (AvgIpc) is 2.60. The van der Waals surface area contributed by atoms with E-state index in [2.05, 4.69) is 0 Å². The van der Waals surface area contributed by atoms with Crippen LogP contribution in [0.25, 0.3) is 0 Å². The molecule has 0 bridgehead atoms. The van der Waals surface area contributed by atoms with Crippen LogP contribution >= 0.6 is 0 Å². The minimum Gasteiger partial charge on any atom is -0.355 e. The second kappa shape index (κ2) is 3.30. The average molecular weight is 214 g/mol. The van der Waals surface area contributed by atoms with Gasteiger partial charge in [0.15, 0.2) is 0 Å². The Bertz CT molecular complexity index is 485. The zero-order valence-corrected chi connectivity index (χ0v) is 8.25. The Hall–Kier alpha value is -1.43. The van der Waals surface area contributed by atoms with Crippen molar-refractivity contribution in [2.45, 2.75) is 25.5 Å². The summed E-state index contributed by atoms with van der Waals surface area (Å²) >= 11 is 0. The molecule has 5 nitrogen and oxygen atoms in total. The summed E-state index contributed by atoms with van der Waals surface area (Å²) in [6, 6.07) is 0. The van der Waals surface area contributed by atoms with Crippen molar-refractivity contribution < 1.29 is 9.13 Å². The standard InChI is InChI=1S/C9H11FN2O3/c1-9(3-2-4-15-9)12-5-6(10)7(13)11-8(12)14/h5H,2-4H2,1H3,(H,11,13,14). The monoisotopic (exact) mass is 214 g/mol. The Morgan fingerprint density at radius 1 is 1.60 bits per heavy atom. The van der Waals surface area contributed by atoms with E-state index in [1.165, 1.54) is 0 Å². The predicted molar refractivity (Wildman–Crippen MR) is 50.1 cm³/mol. The fourth-order valence-electron chi connectivity index (χ4n) is 1.75. The van der Waals surface area contributed by atoms with Crippen LogP contribution < -0.4 is 11.2 Å². The number of hydrogen-bond acceptors (Lipinski definition) is 3. The Morgan fingerprint density at radius 2 is 2.33 bits per heavy atom. The zero-order valence-electron chi connectivity index (χ0n) is 8.25. The van der Waals surface area contributed by atoms with Gasteiger partial charge in [-0.2, -0.15) is 4.39 Å². The topological polar surface area (TPSA) is 64.1 Å². The molecular formula is C9H11FN2O3. The molecule has 2 rings (SSSR count). The summed E-state index contributed by atoms with van der Waals surface area (Å²) in [5, 5.41) is 0. The van der Waals surface area contributed by atoms with Crippen LogP contribution in [0.1, 0.15) is 19.8 Å². The summed E-state index contributed by atoms with van der Waals surface area (Å²) in [5.74, 6) is -0.980. The van der Waals surface area contributed by atoms with Gasteiger partial charge in [0, 0.05) is 6.61 Å². The van der Waals surface area contributed by atoms with Gasteiger partial charge in [0.05, 0.1) is 6.20 Å². The predicted octanol–water partition coefficient (Wildman–Crippen LogP) is 0.159. The molecule has 1 fully saturated rings. The van der Waals surface area contributed by atoms with Crippen molar-refractivity contribution in [3.63, 3.8) is 0 Å². The first kappa shape index (κ1) is 10.1. The summed E-state index contributed by atoms with van der Waals surface area (Å²) in [6.45, 7) is 2.23. The smallest absolute Gasteiger partial charge is 0.330 e. The third-order valence-electron chi connectivity index (χ3n) is 2.61. The molecule has 0 aromatic carbocycles. The molecule has 0 radical (unpaired) electrons. The number of nitrogens with one attached hydrogen (secondary N) is 1. The second-order valence-electron chi connectivity index (χ2n) is 3.73. The molecule has 1 aromatic heterocycles. The van der Waals surface area contributed by atoms with Crippen molar-refractivity contribution in [3.05, 3.63) is 32.9 Å². The number of hydrogen-bond donors (Lipinski definition) is 1. The van der Waals surface area contributed by atoms with Crippen LogP contribution in [-0.2, 0) is 10.5 Å². The van der Waals surface area contributed by atoms with Gasteiger partial charge in [-0.1, -0.05) is 0 Å².